The summed E-state index contributed by atoms with van der Waals surface area (Å²) in [5.74, 6) is 0.273. The van der Waals surface area contributed by atoms with E-state index in [-0.39, 0.29) is 27.1 Å². The molecule has 214 valence electrons. The fraction of sp³-hybridized carbons (Fsp3) is 0.194. The highest BCUT2D eigenvalue weighted by atomic mass is 35.5. The molecule has 41 heavy (non-hydrogen) atoms. The topological polar surface area (TPSA) is 94.2 Å². The molecule has 4 aromatic carbocycles. The number of aryl methyl sites for hydroxylation is 1. The van der Waals surface area contributed by atoms with E-state index in [1.807, 2.05) is 61.5 Å². The molecular weight excluding hydrogens is 564 g/mol. The molecule has 4 aromatic rings. The predicted molar refractivity (Wildman–Crippen MR) is 160 cm³/mol. The second-order valence-electron chi connectivity index (χ2n) is 9.17. The van der Waals surface area contributed by atoms with Crippen LogP contribution in [0, 0.1) is 6.92 Å². The minimum atomic E-state index is -4.33. The minimum Gasteiger partial charge on any atom is -0.495 e. The number of hydrogen-bond acceptors (Lipinski definition) is 6. The number of sulfonamides is 1. The maximum absolute atomic E-state index is 14.1. The number of rotatable bonds is 11. The fourth-order valence-corrected chi connectivity index (χ4v) is 5.97. The van der Waals surface area contributed by atoms with Crippen LogP contribution in [-0.4, -0.2) is 42.2 Å². The normalized spacial score (nSPS) is 11.8. The zero-order valence-corrected chi connectivity index (χ0v) is 24.7. The van der Waals surface area contributed by atoms with Gasteiger partial charge in [0.2, 0.25) is 5.91 Å². The van der Waals surface area contributed by atoms with Crippen LogP contribution >= 0.6 is 11.6 Å². The number of amides is 1. The predicted octanol–water partition coefficient (Wildman–Crippen LogP) is 5.78. The van der Waals surface area contributed by atoms with Crippen molar-refractivity contribution in [3.8, 4) is 17.2 Å². The molecule has 0 bridgehead atoms. The molecule has 1 N–H and O–H groups in total. The molecule has 0 aliphatic carbocycles. The monoisotopic (exact) mass is 594 g/mol. The SMILES string of the molecule is COc1ccc(S(=O)(=O)N(CC(=O)N[C@@H](c2ccccc2)c2ccc(C)cc2)c2cc(Cl)ccc2OC)cc1OC. The van der Waals surface area contributed by atoms with Crippen LogP contribution in [0.15, 0.2) is 95.9 Å². The highest BCUT2D eigenvalue weighted by Gasteiger charge is 2.31. The Labute approximate surface area is 245 Å². The Morgan fingerprint density at radius 1 is 0.805 bits per heavy atom. The van der Waals surface area contributed by atoms with Crippen molar-refractivity contribution in [2.75, 3.05) is 32.2 Å². The lowest BCUT2D eigenvalue weighted by molar-refractivity contribution is -0.120. The molecule has 1 atom stereocenters. The summed E-state index contributed by atoms with van der Waals surface area (Å²) in [6.45, 7) is 1.43. The molecule has 0 unspecified atom stereocenters. The zero-order valence-electron chi connectivity index (χ0n) is 23.1. The van der Waals surface area contributed by atoms with Gasteiger partial charge in [-0.05, 0) is 48.4 Å². The Kier molecular flexibility index (Phi) is 9.42. The molecule has 0 saturated heterocycles. The lowest BCUT2D eigenvalue weighted by Crippen LogP contribution is -2.42. The van der Waals surface area contributed by atoms with Gasteiger partial charge in [0.25, 0.3) is 10.0 Å². The van der Waals surface area contributed by atoms with Gasteiger partial charge in [0.15, 0.2) is 11.5 Å². The van der Waals surface area contributed by atoms with Gasteiger partial charge in [-0.15, -0.1) is 0 Å². The molecule has 0 saturated carbocycles. The maximum atomic E-state index is 14.1. The van der Waals surface area contributed by atoms with Crippen LogP contribution in [0.3, 0.4) is 0 Å². The minimum absolute atomic E-state index is 0.108. The lowest BCUT2D eigenvalue weighted by Gasteiger charge is -2.27. The number of nitrogens with zero attached hydrogens (tertiary/aromatic N) is 1. The number of carbonyl (C=O) groups is 1. The van der Waals surface area contributed by atoms with E-state index in [9.17, 15) is 13.2 Å². The van der Waals surface area contributed by atoms with Crippen molar-refractivity contribution in [3.05, 3.63) is 113 Å². The van der Waals surface area contributed by atoms with E-state index >= 15 is 0 Å². The van der Waals surface area contributed by atoms with Crippen LogP contribution in [-0.2, 0) is 14.8 Å². The van der Waals surface area contributed by atoms with E-state index in [4.69, 9.17) is 25.8 Å². The van der Waals surface area contributed by atoms with E-state index in [1.165, 1.54) is 45.6 Å². The van der Waals surface area contributed by atoms with Gasteiger partial charge in [-0.3, -0.25) is 9.10 Å². The Morgan fingerprint density at radius 2 is 1.41 bits per heavy atom. The van der Waals surface area contributed by atoms with Crippen molar-refractivity contribution in [3.63, 3.8) is 0 Å². The van der Waals surface area contributed by atoms with Crippen LogP contribution < -0.4 is 23.8 Å². The molecule has 0 aliphatic rings. The lowest BCUT2D eigenvalue weighted by atomic mass is 9.98. The van der Waals surface area contributed by atoms with Crippen LogP contribution in [0.2, 0.25) is 5.02 Å². The van der Waals surface area contributed by atoms with Gasteiger partial charge in [0.1, 0.15) is 12.3 Å². The van der Waals surface area contributed by atoms with Crippen LogP contribution in [0.25, 0.3) is 0 Å². The first kappa shape index (κ1) is 29.8. The standard InChI is InChI=1S/C31H31ClN2O6S/c1-21-10-12-23(13-11-21)31(22-8-6-5-7-9-22)33-30(35)20-34(26-18-24(32)14-16-27(26)38-2)41(36,37)25-15-17-28(39-3)29(19-25)40-4/h5-19,31H,20H2,1-4H3,(H,33,35)/t31-/m0/s1. The van der Waals surface area contributed by atoms with Crippen molar-refractivity contribution in [2.45, 2.75) is 17.9 Å². The van der Waals surface area contributed by atoms with Gasteiger partial charge < -0.3 is 19.5 Å². The van der Waals surface area contributed by atoms with Gasteiger partial charge in [-0.25, -0.2) is 8.42 Å². The first-order valence-electron chi connectivity index (χ1n) is 12.7. The molecule has 0 radical (unpaired) electrons. The Bertz CT molecular complexity index is 1610. The van der Waals surface area contributed by atoms with Crippen molar-refractivity contribution >= 4 is 33.2 Å². The molecular formula is C31H31ClN2O6S. The van der Waals surface area contributed by atoms with E-state index in [0.717, 1.165) is 21.0 Å². The number of carbonyl (C=O) groups excluding carboxylic acids is 1. The average Bonchev–Trinajstić information content (AvgIpc) is 2.99. The molecule has 0 aliphatic heterocycles. The Hall–Kier alpha value is -4.21. The molecule has 0 heterocycles. The fourth-order valence-electron chi connectivity index (χ4n) is 4.36. The largest absolute Gasteiger partial charge is 0.495 e. The smallest absolute Gasteiger partial charge is 0.265 e. The van der Waals surface area contributed by atoms with Crippen LogP contribution in [0.4, 0.5) is 5.69 Å². The third-order valence-electron chi connectivity index (χ3n) is 6.49. The summed E-state index contributed by atoms with van der Waals surface area (Å²) in [6, 6.07) is 25.5. The molecule has 8 nitrogen and oxygen atoms in total. The number of ether oxygens (including phenoxy) is 3. The van der Waals surface area contributed by atoms with E-state index in [2.05, 4.69) is 5.32 Å². The first-order valence-corrected chi connectivity index (χ1v) is 14.5. The zero-order chi connectivity index (χ0) is 29.6. The van der Waals surface area contributed by atoms with Crippen LogP contribution in [0.1, 0.15) is 22.7 Å². The Balaban J connectivity index is 1.77. The van der Waals surface area contributed by atoms with E-state index in [0.29, 0.717) is 5.75 Å². The first-order chi connectivity index (χ1) is 19.7. The number of methoxy groups -OCH3 is 3. The third kappa shape index (κ3) is 6.75. The number of halogens is 1. The summed E-state index contributed by atoms with van der Waals surface area (Å²) in [5.41, 5.74) is 2.88. The summed E-state index contributed by atoms with van der Waals surface area (Å²) in [4.78, 5) is 13.6. The molecule has 1 amide bonds. The number of hydrogen-bond donors (Lipinski definition) is 1. The summed E-state index contributed by atoms with van der Waals surface area (Å²) < 4.78 is 45.3. The third-order valence-corrected chi connectivity index (χ3v) is 8.48. The van der Waals surface area contributed by atoms with Gasteiger partial charge in [-0.1, -0.05) is 71.8 Å². The molecule has 0 fully saturated rings. The Morgan fingerprint density at radius 3 is 2.05 bits per heavy atom. The van der Waals surface area contributed by atoms with E-state index < -0.39 is 28.5 Å². The van der Waals surface area contributed by atoms with Crippen molar-refractivity contribution in [1.82, 2.24) is 5.32 Å². The van der Waals surface area contributed by atoms with Crippen molar-refractivity contribution in [2.24, 2.45) is 0 Å². The van der Waals surface area contributed by atoms with Crippen molar-refractivity contribution < 1.29 is 27.4 Å². The molecule has 0 aromatic heterocycles. The number of nitrogens with one attached hydrogen (secondary N) is 1. The maximum Gasteiger partial charge on any atom is 0.265 e. The summed E-state index contributed by atoms with van der Waals surface area (Å²) in [6.07, 6.45) is 0. The molecule has 4 rings (SSSR count). The van der Waals surface area contributed by atoms with Gasteiger partial charge in [0, 0.05) is 11.1 Å². The number of anilines is 1. The second kappa shape index (κ2) is 13.0. The number of benzene rings is 4. The van der Waals surface area contributed by atoms with Gasteiger partial charge in [0.05, 0.1) is 38.0 Å². The summed E-state index contributed by atoms with van der Waals surface area (Å²) in [7, 11) is -0.0489. The van der Waals surface area contributed by atoms with Crippen LogP contribution in [0.5, 0.6) is 17.2 Å². The summed E-state index contributed by atoms with van der Waals surface area (Å²) in [5, 5.41) is 3.30. The second-order valence-corrected chi connectivity index (χ2v) is 11.5. The van der Waals surface area contributed by atoms with Gasteiger partial charge >= 0.3 is 0 Å². The highest BCUT2D eigenvalue weighted by Crippen LogP contribution is 2.37. The summed E-state index contributed by atoms with van der Waals surface area (Å²) >= 11 is 6.28. The quantitative estimate of drug-likeness (QED) is 0.237. The highest BCUT2D eigenvalue weighted by molar-refractivity contribution is 7.92. The van der Waals surface area contributed by atoms with E-state index in [1.54, 1.807) is 12.1 Å². The molecule has 0 spiro atoms. The average molecular weight is 595 g/mol. The van der Waals surface area contributed by atoms with Crippen molar-refractivity contribution in [1.29, 1.82) is 0 Å². The molecule has 10 heteroatoms. The van der Waals surface area contributed by atoms with Gasteiger partial charge in [-0.2, -0.15) is 0 Å².